The van der Waals surface area contributed by atoms with Gasteiger partial charge in [0.1, 0.15) is 23.5 Å². The molecule has 1 fully saturated rings. The average Bonchev–Trinajstić information content (AvgIpc) is 3.31. The van der Waals surface area contributed by atoms with Crippen LogP contribution < -0.4 is 10.6 Å². The SMILES string of the molecule is Cl.Fc1ccc(-c2nc3occn3c2-c2ccnc(NC3CCNCC3)n2)cc1. The highest BCUT2D eigenvalue weighted by molar-refractivity contribution is 5.85. The molecule has 0 unspecified atom stereocenters. The molecular weight excluding hydrogens is 395 g/mol. The van der Waals surface area contributed by atoms with Crippen LogP contribution in [0.2, 0.25) is 0 Å². The molecule has 1 aromatic carbocycles. The molecular formula is C20H20ClFN6O. The lowest BCUT2D eigenvalue weighted by atomic mass is 10.1. The third-order valence-electron chi connectivity index (χ3n) is 4.95. The van der Waals surface area contributed by atoms with Crippen LogP contribution >= 0.6 is 12.4 Å². The van der Waals surface area contributed by atoms with E-state index < -0.39 is 0 Å². The van der Waals surface area contributed by atoms with Crippen molar-refractivity contribution >= 4 is 24.2 Å². The summed E-state index contributed by atoms with van der Waals surface area (Å²) in [6.45, 7) is 1.98. The molecule has 29 heavy (non-hydrogen) atoms. The third-order valence-corrected chi connectivity index (χ3v) is 4.95. The van der Waals surface area contributed by atoms with Crippen LogP contribution in [0.15, 0.2) is 53.4 Å². The predicted molar refractivity (Wildman–Crippen MR) is 111 cm³/mol. The van der Waals surface area contributed by atoms with Crippen LogP contribution in [0.3, 0.4) is 0 Å². The fraction of sp³-hybridized carbons (Fsp3) is 0.250. The molecule has 9 heteroatoms. The van der Waals surface area contributed by atoms with Gasteiger partial charge in [-0.2, -0.15) is 4.98 Å². The van der Waals surface area contributed by atoms with Gasteiger partial charge in [0.15, 0.2) is 0 Å². The molecule has 0 atom stereocenters. The fourth-order valence-corrected chi connectivity index (χ4v) is 3.55. The molecule has 4 heterocycles. The summed E-state index contributed by atoms with van der Waals surface area (Å²) in [5.74, 6) is 0.761. The van der Waals surface area contributed by atoms with Crippen molar-refractivity contribution in [2.24, 2.45) is 0 Å². The molecule has 0 amide bonds. The molecule has 3 aromatic heterocycles. The normalized spacial score (nSPS) is 14.7. The van der Waals surface area contributed by atoms with Gasteiger partial charge in [-0.15, -0.1) is 12.4 Å². The number of piperidine rings is 1. The van der Waals surface area contributed by atoms with Crippen LogP contribution in [0, 0.1) is 5.82 Å². The first-order valence-electron chi connectivity index (χ1n) is 9.30. The van der Waals surface area contributed by atoms with Crippen LogP contribution in [0.1, 0.15) is 12.8 Å². The van der Waals surface area contributed by atoms with Crippen LogP contribution in [-0.4, -0.2) is 38.5 Å². The first kappa shape index (κ1) is 19.4. The third kappa shape index (κ3) is 3.81. The Bertz CT molecular complexity index is 1100. The van der Waals surface area contributed by atoms with E-state index in [-0.39, 0.29) is 18.2 Å². The highest BCUT2D eigenvalue weighted by Gasteiger charge is 2.20. The second-order valence-corrected chi connectivity index (χ2v) is 6.81. The van der Waals surface area contributed by atoms with E-state index in [1.165, 1.54) is 12.1 Å². The number of aromatic nitrogens is 4. The molecule has 0 spiro atoms. The van der Waals surface area contributed by atoms with Gasteiger partial charge >= 0.3 is 5.84 Å². The number of hydrogen-bond acceptors (Lipinski definition) is 6. The van der Waals surface area contributed by atoms with E-state index in [1.807, 2.05) is 10.5 Å². The maximum atomic E-state index is 13.4. The number of benzene rings is 1. The van der Waals surface area contributed by atoms with Crippen molar-refractivity contribution in [3.63, 3.8) is 0 Å². The predicted octanol–water partition coefficient (Wildman–Crippen LogP) is 3.78. The minimum absolute atomic E-state index is 0. The number of oxazole rings is 1. The summed E-state index contributed by atoms with van der Waals surface area (Å²) in [7, 11) is 0. The number of halogens is 2. The van der Waals surface area contributed by atoms with Gasteiger partial charge in [-0.3, -0.25) is 4.40 Å². The summed E-state index contributed by atoms with van der Waals surface area (Å²) in [6.07, 6.45) is 7.18. The standard InChI is InChI=1S/C20H19FN6O.ClH/c21-14-3-1-13(2-4-14)17-18(27-11-12-28-20(27)26-17)16-7-10-23-19(25-16)24-15-5-8-22-9-6-15;/h1-4,7,10-12,15,22H,5-6,8-9H2,(H,23,24,25);1H. The lowest BCUT2D eigenvalue weighted by Crippen LogP contribution is -2.35. The fourth-order valence-electron chi connectivity index (χ4n) is 3.55. The second kappa shape index (κ2) is 8.18. The summed E-state index contributed by atoms with van der Waals surface area (Å²) < 4.78 is 20.7. The van der Waals surface area contributed by atoms with Crippen molar-refractivity contribution < 1.29 is 8.81 Å². The number of fused-ring (bicyclic) bond motifs is 1. The quantitative estimate of drug-likeness (QED) is 0.529. The molecule has 0 radical (unpaired) electrons. The van der Waals surface area contributed by atoms with Gasteiger partial charge in [0.05, 0.1) is 5.69 Å². The van der Waals surface area contributed by atoms with Gasteiger partial charge in [0.25, 0.3) is 0 Å². The summed E-state index contributed by atoms with van der Waals surface area (Å²) in [5, 5.41) is 6.78. The second-order valence-electron chi connectivity index (χ2n) is 6.81. The van der Waals surface area contributed by atoms with Crippen molar-refractivity contribution in [1.82, 2.24) is 24.7 Å². The molecule has 5 rings (SSSR count). The number of nitrogens with one attached hydrogen (secondary N) is 2. The van der Waals surface area contributed by atoms with Crippen molar-refractivity contribution in [3.8, 4) is 22.6 Å². The number of nitrogens with zero attached hydrogens (tertiary/aromatic N) is 4. The average molecular weight is 415 g/mol. The highest BCUT2D eigenvalue weighted by Crippen LogP contribution is 2.32. The molecule has 150 valence electrons. The van der Waals surface area contributed by atoms with E-state index >= 15 is 0 Å². The van der Waals surface area contributed by atoms with E-state index in [0.717, 1.165) is 42.9 Å². The first-order chi connectivity index (χ1) is 13.8. The van der Waals surface area contributed by atoms with Crippen LogP contribution in [0.25, 0.3) is 28.5 Å². The molecule has 0 aliphatic carbocycles. The van der Waals surface area contributed by atoms with Crippen LogP contribution in [0.5, 0.6) is 0 Å². The van der Waals surface area contributed by atoms with E-state index in [4.69, 9.17) is 9.40 Å². The van der Waals surface area contributed by atoms with Gasteiger partial charge in [-0.05, 0) is 56.3 Å². The van der Waals surface area contributed by atoms with Gasteiger partial charge in [0.2, 0.25) is 5.95 Å². The van der Waals surface area contributed by atoms with Gasteiger partial charge in [-0.25, -0.2) is 14.4 Å². The van der Waals surface area contributed by atoms with E-state index in [2.05, 4.69) is 20.6 Å². The zero-order chi connectivity index (χ0) is 18.9. The lowest BCUT2D eigenvalue weighted by molar-refractivity contribution is 0.477. The Morgan fingerprint density at radius 2 is 1.90 bits per heavy atom. The summed E-state index contributed by atoms with van der Waals surface area (Å²) in [5.41, 5.74) is 2.98. The Labute approximate surface area is 172 Å². The Morgan fingerprint density at radius 3 is 2.69 bits per heavy atom. The van der Waals surface area contributed by atoms with E-state index in [0.29, 0.717) is 23.5 Å². The molecule has 1 aliphatic rings. The van der Waals surface area contributed by atoms with E-state index in [1.54, 1.807) is 30.8 Å². The molecule has 0 bridgehead atoms. The van der Waals surface area contributed by atoms with Gasteiger partial charge in [-0.1, -0.05) is 0 Å². The maximum Gasteiger partial charge on any atom is 0.306 e. The zero-order valence-electron chi connectivity index (χ0n) is 15.5. The van der Waals surface area contributed by atoms with Crippen LogP contribution in [-0.2, 0) is 0 Å². The molecule has 4 aromatic rings. The number of rotatable bonds is 4. The monoisotopic (exact) mass is 414 g/mol. The Balaban J connectivity index is 0.00000205. The number of imidazole rings is 1. The van der Waals surface area contributed by atoms with Crippen molar-refractivity contribution in [1.29, 1.82) is 0 Å². The minimum Gasteiger partial charge on any atom is -0.432 e. The van der Waals surface area contributed by atoms with Crippen molar-refractivity contribution in [3.05, 3.63) is 54.8 Å². The molecule has 1 aliphatic heterocycles. The molecule has 1 saturated heterocycles. The van der Waals surface area contributed by atoms with E-state index in [9.17, 15) is 4.39 Å². The zero-order valence-corrected chi connectivity index (χ0v) is 16.3. The summed E-state index contributed by atoms with van der Waals surface area (Å²) in [4.78, 5) is 13.7. The largest absolute Gasteiger partial charge is 0.432 e. The molecule has 0 saturated carbocycles. The summed E-state index contributed by atoms with van der Waals surface area (Å²) in [6, 6.07) is 8.45. The first-order valence-corrected chi connectivity index (χ1v) is 9.30. The Hall–Kier alpha value is -2.97. The van der Waals surface area contributed by atoms with Crippen molar-refractivity contribution in [2.45, 2.75) is 18.9 Å². The summed E-state index contributed by atoms with van der Waals surface area (Å²) >= 11 is 0. The molecule has 7 nitrogen and oxygen atoms in total. The Kier molecular flexibility index (Phi) is 5.46. The Morgan fingerprint density at radius 1 is 1.10 bits per heavy atom. The van der Waals surface area contributed by atoms with Gasteiger partial charge in [0, 0.05) is 24.0 Å². The lowest BCUT2D eigenvalue weighted by Gasteiger charge is -2.23. The van der Waals surface area contributed by atoms with Crippen molar-refractivity contribution in [2.75, 3.05) is 18.4 Å². The number of anilines is 1. The van der Waals surface area contributed by atoms with Crippen LogP contribution in [0.4, 0.5) is 10.3 Å². The number of hydrogen-bond donors (Lipinski definition) is 2. The topological polar surface area (TPSA) is 80.3 Å². The minimum atomic E-state index is -0.288. The highest BCUT2D eigenvalue weighted by atomic mass is 35.5. The van der Waals surface area contributed by atoms with Gasteiger partial charge < -0.3 is 15.1 Å². The molecule has 2 N–H and O–H groups in total. The smallest absolute Gasteiger partial charge is 0.306 e. The maximum absolute atomic E-state index is 13.4.